The zero-order valence-electron chi connectivity index (χ0n) is 18.6. The van der Waals surface area contributed by atoms with E-state index in [4.69, 9.17) is 11.6 Å². The van der Waals surface area contributed by atoms with Crippen LogP contribution in [0.1, 0.15) is 65.1 Å². The predicted octanol–water partition coefficient (Wildman–Crippen LogP) is 3.36. The molecule has 3 amide bonds. The summed E-state index contributed by atoms with van der Waals surface area (Å²) in [4.78, 5) is 46.5. The molecular formula is C23H27ClFN5O3. The maximum Gasteiger partial charge on any atom is 0.272 e. The van der Waals surface area contributed by atoms with Crippen LogP contribution >= 0.6 is 11.6 Å². The van der Waals surface area contributed by atoms with Crippen molar-refractivity contribution in [3.8, 4) is 0 Å². The van der Waals surface area contributed by atoms with E-state index in [2.05, 4.69) is 20.6 Å². The molecule has 10 heteroatoms. The van der Waals surface area contributed by atoms with E-state index < -0.39 is 23.0 Å². The highest BCUT2D eigenvalue weighted by Crippen LogP contribution is 2.46. The fraction of sp³-hybridized carbons (Fsp3) is 0.478. The number of aryl methyl sites for hydroxylation is 1. The molecule has 0 atom stereocenters. The number of nitrogens with zero attached hydrogens (tertiary/aromatic N) is 2. The number of H-pyrrole nitrogens is 1. The van der Waals surface area contributed by atoms with Gasteiger partial charge in [-0.15, -0.1) is 0 Å². The molecule has 1 saturated heterocycles. The van der Waals surface area contributed by atoms with E-state index in [9.17, 15) is 18.8 Å². The van der Waals surface area contributed by atoms with E-state index in [0.29, 0.717) is 43.5 Å². The summed E-state index contributed by atoms with van der Waals surface area (Å²) in [5.41, 5.74) is 0.661. The number of amides is 3. The molecule has 0 bridgehead atoms. The van der Waals surface area contributed by atoms with Gasteiger partial charge in [-0.1, -0.05) is 11.6 Å². The largest absolute Gasteiger partial charge is 0.354 e. The normalized spacial score (nSPS) is 23.0. The number of imidazole rings is 1. The Labute approximate surface area is 196 Å². The lowest BCUT2D eigenvalue weighted by Gasteiger charge is -2.45. The molecule has 1 aliphatic heterocycles. The average molecular weight is 476 g/mol. The molecule has 2 aliphatic rings. The summed E-state index contributed by atoms with van der Waals surface area (Å²) in [5, 5.41) is 5.66. The monoisotopic (exact) mass is 475 g/mol. The Bertz CT molecular complexity index is 1090. The summed E-state index contributed by atoms with van der Waals surface area (Å²) < 4.78 is 13.9. The molecule has 2 heterocycles. The number of aromatic amines is 1. The van der Waals surface area contributed by atoms with Gasteiger partial charge in [0.2, 0.25) is 5.91 Å². The second kappa shape index (κ2) is 9.13. The number of hydrogen-bond acceptors (Lipinski definition) is 4. The Morgan fingerprint density at radius 3 is 2.67 bits per heavy atom. The minimum Gasteiger partial charge on any atom is -0.354 e. The highest BCUT2D eigenvalue weighted by molar-refractivity contribution is 6.34. The van der Waals surface area contributed by atoms with Crippen LogP contribution in [0, 0.1) is 18.2 Å². The predicted molar refractivity (Wildman–Crippen MR) is 122 cm³/mol. The van der Waals surface area contributed by atoms with E-state index in [-0.39, 0.29) is 28.4 Å². The smallest absolute Gasteiger partial charge is 0.272 e. The molecule has 0 unspecified atom stereocenters. The van der Waals surface area contributed by atoms with Crippen LogP contribution in [0.4, 0.5) is 10.1 Å². The molecule has 176 valence electrons. The lowest BCUT2D eigenvalue weighted by atomic mass is 9.67. The van der Waals surface area contributed by atoms with Gasteiger partial charge in [0.15, 0.2) is 5.69 Å². The highest BCUT2D eigenvalue weighted by Gasteiger charge is 2.47. The van der Waals surface area contributed by atoms with Crippen LogP contribution in [0.15, 0.2) is 18.5 Å². The van der Waals surface area contributed by atoms with Gasteiger partial charge in [-0.3, -0.25) is 14.4 Å². The molecule has 33 heavy (non-hydrogen) atoms. The van der Waals surface area contributed by atoms with E-state index in [1.54, 1.807) is 17.9 Å². The van der Waals surface area contributed by atoms with Crippen molar-refractivity contribution in [3.05, 3.63) is 46.3 Å². The topological polar surface area (TPSA) is 107 Å². The molecule has 4 rings (SSSR count). The third-order valence-electron chi connectivity index (χ3n) is 6.84. The minimum absolute atomic E-state index is 0.0157. The summed E-state index contributed by atoms with van der Waals surface area (Å²) >= 11 is 6.28. The quantitative estimate of drug-likeness (QED) is 0.630. The fourth-order valence-corrected chi connectivity index (χ4v) is 5.20. The van der Waals surface area contributed by atoms with Crippen LogP contribution in [0.2, 0.25) is 5.02 Å². The Balaban J connectivity index is 1.44. The van der Waals surface area contributed by atoms with Crippen LogP contribution in [-0.2, 0) is 4.79 Å². The third kappa shape index (κ3) is 4.34. The molecule has 1 aromatic carbocycles. The number of rotatable bonds is 4. The standard InChI is InChI=1S/C23H27ClFN5O3/c1-13-10-17(15(24)11-16(13)25)30-9-3-6-23(22(30)33)7-4-14(5-8-23)29-21(32)19-18(20(31)26-2)27-12-28-19/h10-12,14H,3-9H2,1-2H3,(H,26,31)(H,27,28)(H,29,32)/t14-,23-. The second-order valence-corrected chi connectivity index (χ2v) is 9.25. The van der Waals surface area contributed by atoms with Gasteiger partial charge in [0.05, 0.1) is 17.0 Å². The number of anilines is 1. The molecule has 1 aromatic heterocycles. The van der Waals surface area contributed by atoms with Crippen molar-refractivity contribution in [1.29, 1.82) is 0 Å². The van der Waals surface area contributed by atoms with E-state index >= 15 is 0 Å². The first-order valence-electron chi connectivity index (χ1n) is 11.1. The van der Waals surface area contributed by atoms with E-state index in [1.807, 2.05) is 0 Å². The van der Waals surface area contributed by atoms with E-state index in [1.165, 1.54) is 19.4 Å². The summed E-state index contributed by atoms with van der Waals surface area (Å²) in [5.74, 6) is -1.21. The Hall–Kier alpha value is -2.94. The van der Waals surface area contributed by atoms with Crippen LogP contribution in [0.5, 0.6) is 0 Å². The number of carbonyl (C=O) groups is 3. The second-order valence-electron chi connectivity index (χ2n) is 8.85. The van der Waals surface area contributed by atoms with Gasteiger partial charge in [0.25, 0.3) is 11.8 Å². The summed E-state index contributed by atoms with van der Waals surface area (Å²) in [7, 11) is 1.48. The van der Waals surface area contributed by atoms with Crippen molar-refractivity contribution in [2.75, 3.05) is 18.5 Å². The first-order valence-corrected chi connectivity index (χ1v) is 11.5. The lowest BCUT2D eigenvalue weighted by molar-refractivity contribution is -0.132. The molecule has 1 aliphatic carbocycles. The molecule has 3 N–H and O–H groups in total. The highest BCUT2D eigenvalue weighted by atomic mass is 35.5. The molecule has 0 radical (unpaired) electrons. The molecule has 1 spiro atoms. The zero-order chi connectivity index (χ0) is 23.8. The Morgan fingerprint density at radius 2 is 1.97 bits per heavy atom. The summed E-state index contributed by atoms with van der Waals surface area (Å²) in [6, 6.07) is 2.79. The molecule has 2 fully saturated rings. The zero-order valence-corrected chi connectivity index (χ0v) is 19.4. The van der Waals surface area contributed by atoms with Gasteiger partial charge < -0.3 is 20.5 Å². The number of benzene rings is 1. The van der Waals surface area contributed by atoms with Gasteiger partial charge >= 0.3 is 0 Å². The number of aromatic nitrogens is 2. The summed E-state index contributed by atoms with van der Waals surface area (Å²) in [6.45, 7) is 2.20. The van der Waals surface area contributed by atoms with Crippen molar-refractivity contribution in [3.63, 3.8) is 0 Å². The number of hydrogen-bond donors (Lipinski definition) is 3. The number of piperidine rings is 1. The summed E-state index contributed by atoms with van der Waals surface area (Å²) in [6.07, 6.45) is 5.48. The van der Waals surface area contributed by atoms with Gasteiger partial charge in [-0.05, 0) is 63.1 Å². The maximum absolute atomic E-state index is 13.9. The van der Waals surface area contributed by atoms with Crippen LogP contribution in [0.25, 0.3) is 0 Å². The fourth-order valence-electron chi connectivity index (χ4n) is 4.94. The maximum atomic E-state index is 13.9. The van der Waals surface area contributed by atoms with Crippen LogP contribution in [-0.4, -0.2) is 47.3 Å². The molecular weight excluding hydrogens is 449 g/mol. The minimum atomic E-state index is -0.508. The van der Waals surface area contributed by atoms with Crippen molar-refractivity contribution < 1.29 is 18.8 Å². The van der Waals surface area contributed by atoms with Crippen LogP contribution in [0.3, 0.4) is 0 Å². The van der Waals surface area contributed by atoms with Gasteiger partial charge in [-0.25, -0.2) is 9.37 Å². The number of carbonyl (C=O) groups excluding carboxylic acids is 3. The number of nitrogens with one attached hydrogen (secondary N) is 3. The first-order chi connectivity index (χ1) is 15.8. The Kier molecular flexibility index (Phi) is 6.43. The van der Waals surface area contributed by atoms with Crippen molar-refractivity contribution in [2.45, 2.75) is 51.5 Å². The number of halogens is 2. The van der Waals surface area contributed by atoms with Gasteiger partial charge in [0, 0.05) is 25.0 Å². The van der Waals surface area contributed by atoms with Gasteiger partial charge in [0.1, 0.15) is 11.5 Å². The molecule has 8 nitrogen and oxygen atoms in total. The van der Waals surface area contributed by atoms with Crippen molar-refractivity contribution >= 4 is 35.0 Å². The van der Waals surface area contributed by atoms with Crippen molar-refractivity contribution in [1.82, 2.24) is 20.6 Å². The van der Waals surface area contributed by atoms with Crippen molar-refractivity contribution in [2.24, 2.45) is 5.41 Å². The first kappa shape index (κ1) is 23.2. The lowest BCUT2D eigenvalue weighted by Crippen LogP contribution is -2.52. The average Bonchev–Trinajstić information content (AvgIpc) is 3.30. The molecule has 2 aromatic rings. The molecule has 1 saturated carbocycles. The van der Waals surface area contributed by atoms with Crippen LogP contribution < -0.4 is 15.5 Å². The SMILES string of the molecule is CNC(=O)c1nc[nH]c1C(=O)N[C@H]1CC[C@@]2(CCCN(c3cc(C)c(F)cc3Cl)C2=O)CC1. The van der Waals surface area contributed by atoms with Gasteiger partial charge in [-0.2, -0.15) is 0 Å². The van der Waals surface area contributed by atoms with E-state index in [0.717, 1.165) is 12.8 Å². The third-order valence-corrected chi connectivity index (χ3v) is 7.14. The Morgan fingerprint density at radius 1 is 1.24 bits per heavy atom.